The summed E-state index contributed by atoms with van der Waals surface area (Å²) in [6.07, 6.45) is 0. The Morgan fingerprint density at radius 2 is 1.81 bits per heavy atom. The lowest BCUT2D eigenvalue weighted by Crippen LogP contribution is -2.30. The smallest absolute Gasteiger partial charge is 0.321 e. The molecule has 0 aromatic heterocycles. The minimum Gasteiger partial charge on any atom is -0.321 e. The molecule has 106 valence electrons. The monoisotopic (exact) mass is 300 g/mol. The highest BCUT2D eigenvalue weighted by molar-refractivity contribution is 6.32. The number of aryl methyl sites for hydroxylation is 1. The van der Waals surface area contributed by atoms with Crippen LogP contribution in [0.2, 0.25) is 5.02 Å². The summed E-state index contributed by atoms with van der Waals surface area (Å²) in [5.41, 5.74) is 2.13. The highest BCUT2D eigenvalue weighted by atomic mass is 35.5. The van der Waals surface area contributed by atoms with Gasteiger partial charge in [-0.05, 0) is 30.2 Å². The number of halogens is 1. The number of rotatable bonds is 2. The number of carbonyl (C=O) groups is 2. The van der Waals surface area contributed by atoms with Crippen LogP contribution in [0.15, 0.2) is 48.5 Å². The van der Waals surface area contributed by atoms with E-state index >= 15 is 0 Å². The molecule has 1 heterocycles. The summed E-state index contributed by atoms with van der Waals surface area (Å²) in [6, 6.07) is 13.2. The summed E-state index contributed by atoms with van der Waals surface area (Å²) >= 11 is 6.07. The van der Waals surface area contributed by atoms with E-state index < -0.39 is 12.1 Å². The van der Waals surface area contributed by atoms with Crippen LogP contribution in [0.4, 0.5) is 10.5 Å². The molecule has 0 aliphatic carbocycles. The molecule has 21 heavy (non-hydrogen) atoms. The molecule has 5 heteroatoms. The Balaban J connectivity index is 1.96. The number of urea groups is 1. The zero-order valence-electron chi connectivity index (χ0n) is 11.3. The Hall–Kier alpha value is -2.33. The normalized spacial score (nSPS) is 18.0. The Morgan fingerprint density at radius 1 is 1.10 bits per heavy atom. The number of nitrogens with zero attached hydrogens (tertiary/aromatic N) is 1. The summed E-state index contributed by atoms with van der Waals surface area (Å²) < 4.78 is 0. The van der Waals surface area contributed by atoms with Crippen molar-refractivity contribution in [2.45, 2.75) is 13.0 Å². The second-order valence-corrected chi connectivity index (χ2v) is 5.31. The third-order valence-electron chi connectivity index (χ3n) is 3.48. The molecule has 4 nitrogen and oxygen atoms in total. The van der Waals surface area contributed by atoms with Gasteiger partial charge in [-0.2, -0.15) is 0 Å². The lowest BCUT2D eigenvalue weighted by atomic mass is 10.1. The predicted octanol–water partition coefficient (Wildman–Crippen LogP) is 3.45. The minimum absolute atomic E-state index is 0.300. The number of nitrogens with one attached hydrogen (secondary N) is 1. The van der Waals surface area contributed by atoms with Crippen molar-refractivity contribution in [2.75, 3.05) is 4.90 Å². The van der Waals surface area contributed by atoms with E-state index in [0.717, 1.165) is 16.0 Å². The Morgan fingerprint density at radius 3 is 2.48 bits per heavy atom. The first-order valence-electron chi connectivity index (χ1n) is 6.53. The quantitative estimate of drug-likeness (QED) is 0.864. The molecule has 2 aromatic rings. The molecule has 0 saturated carbocycles. The van der Waals surface area contributed by atoms with Gasteiger partial charge < -0.3 is 5.32 Å². The summed E-state index contributed by atoms with van der Waals surface area (Å²) in [5.74, 6) is -0.300. The van der Waals surface area contributed by atoms with Crippen LogP contribution in [0.1, 0.15) is 17.2 Å². The Kier molecular flexibility index (Phi) is 3.39. The zero-order chi connectivity index (χ0) is 15.0. The van der Waals surface area contributed by atoms with Gasteiger partial charge in [0.2, 0.25) is 0 Å². The van der Waals surface area contributed by atoms with Gasteiger partial charge in [0.05, 0.1) is 5.69 Å². The van der Waals surface area contributed by atoms with Crippen LogP contribution in [-0.4, -0.2) is 11.9 Å². The van der Waals surface area contributed by atoms with Gasteiger partial charge >= 0.3 is 6.03 Å². The molecule has 1 aliphatic heterocycles. The van der Waals surface area contributed by atoms with Crippen molar-refractivity contribution in [3.05, 3.63) is 64.7 Å². The lowest BCUT2D eigenvalue weighted by Gasteiger charge is -2.14. The van der Waals surface area contributed by atoms with E-state index in [4.69, 9.17) is 11.6 Å². The van der Waals surface area contributed by atoms with Gasteiger partial charge in [0.15, 0.2) is 0 Å². The van der Waals surface area contributed by atoms with E-state index in [1.807, 2.05) is 37.3 Å². The first kappa shape index (κ1) is 13.6. The van der Waals surface area contributed by atoms with Crippen LogP contribution in [0.5, 0.6) is 0 Å². The fraction of sp³-hybridized carbons (Fsp3) is 0.125. The second-order valence-electron chi connectivity index (χ2n) is 4.90. The molecule has 0 bridgehead atoms. The summed E-state index contributed by atoms with van der Waals surface area (Å²) in [5, 5.41) is 3.22. The van der Waals surface area contributed by atoms with E-state index in [0.29, 0.717) is 10.7 Å². The summed E-state index contributed by atoms with van der Waals surface area (Å²) in [6.45, 7) is 1.87. The number of hydrogen-bond acceptors (Lipinski definition) is 2. The van der Waals surface area contributed by atoms with Crippen molar-refractivity contribution in [3.63, 3.8) is 0 Å². The summed E-state index contributed by atoms with van der Waals surface area (Å²) in [4.78, 5) is 25.8. The van der Waals surface area contributed by atoms with E-state index in [1.165, 1.54) is 0 Å². The molecule has 0 radical (unpaired) electrons. The van der Waals surface area contributed by atoms with Crippen LogP contribution in [0.3, 0.4) is 0 Å². The van der Waals surface area contributed by atoms with E-state index in [1.54, 1.807) is 18.2 Å². The third-order valence-corrected chi connectivity index (χ3v) is 3.89. The van der Waals surface area contributed by atoms with Crippen LogP contribution in [-0.2, 0) is 4.79 Å². The van der Waals surface area contributed by atoms with Gasteiger partial charge in [-0.15, -0.1) is 0 Å². The number of benzene rings is 2. The molecule has 3 amide bonds. The molecule has 1 atom stereocenters. The van der Waals surface area contributed by atoms with E-state index in [2.05, 4.69) is 5.32 Å². The SMILES string of the molecule is Cc1ccc(N2C(=O)NC(c3ccccc3)C2=O)cc1Cl. The van der Waals surface area contributed by atoms with Crippen LogP contribution >= 0.6 is 11.6 Å². The maximum absolute atomic E-state index is 12.5. The Bertz CT molecular complexity index is 715. The van der Waals surface area contributed by atoms with Crippen molar-refractivity contribution in [2.24, 2.45) is 0 Å². The molecule has 2 aromatic carbocycles. The minimum atomic E-state index is -0.654. The number of carbonyl (C=O) groups excluding carboxylic acids is 2. The van der Waals surface area contributed by atoms with Crippen molar-refractivity contribution < 1.29 is 9.59 Å². The number of imide groups is 1. The fourth-order valence-electron chi connectivity index (χ4n) is 2.32. The summed E-state index contributed by atoms with van der Waals surface area (Å²) in [7, 11) is 0. The Labute approximate surface area is 127 Å². The van der Waals surface area contributed by atoms with Gasteiger partial charge in [0.1, 0.15) is 6.04 Å². The van der Waals surface area contributed by atoms with Crippen molar-refractivity contribution in [1.82, 2.24) is 5.32 Å². The number of anilines is 1. The van der Waals surface area contributed by atoms with Crippen molar-refractivity contribution in [3.8, 4) is 0 Å². The first-order chi connectivity index (χ1) is 10.1. The van der Waals surface area contributed by atoms with E-state index in [-0.39, 0.29) is 5.91 Å². The largest absolute Gasteiger partial charge is 0.329 e. The van der Waals surface area contributed by atoms with Gasteiger partial charge in [-0.25, -0.2) is 9.69 Å². The molecule has 1 N–H and O–H groups in total. The van der Waals surface area contributed by atoms with E-state index in [9.17, 15) is 9.59 Å². The molecule has 1 unspecified atom stereocenters. The van der Waals surface area contributed by atoms with Gasteiger partial charge in [0, 0.05) is 5.02 Å². The van der Waals surface area contributed by atoms with Crippen LogP contribution in [0.25, 0.3) is 0 Å². The van der Waals surface area contributed by atoms with Gasteiger partial charge in [0.25, 0.3) is 5.91 Å². The van der Waals surface area contributed by atoms with Gasteiger partial charge in [-0.3, -0.25) is 4.79 Å². The average Bonchev–Trinajstić information content (AvgIpc) is 2.78. The van der Waals surface area contributed by atoms with Crippen molar-refractivity contribution >= 4 is 29.2 Å². The van der Waals surface area contributed by atoms with Crippen LogP contribution in [0, 0.1) is 6.92 Å². The molecule has 1 saturated heterocycles. The first-order valence-corrected chi connectivity index (χ1v) is 6.91. The van der Waals surface area contributed by atoms with Gasteiger partial charge in [-0.1, -0.05) is 48.0 Å². The third kappa shape index (κ3) is 2.38. The number of amides is 3. The fourth-order valence-corrected chi connectivity index (χ4v) is 2.49. The molecular formula is C16H13ClN2O2. The van der Waals surface area contributed by atoms with Crippen molar-refractivity contribution in [1.29, 1.82) is 0 Å². The zero-order valence-corrected chi connectivity index (χ0v) is 12.1. The molecule has 3 rings (SSSR count). The average molecular weight is 301 g/mol. The molecule has 0 spiro atoms. The van der Waals surface area contributed by atoms with Crippen LogP contribution < -0.4 is 10.2 Å². The maximum Gasteiger partial charge on any atom is 0.329 e. The second kappa shape index (κ2) is 5.22. The lowest BCUT2D eigenvalue weighted by molar-refractivity contribution is -0.118. The predicted molar refractivity (Wildman–Crippen MR) is 81.4 cm³/mol. The molecule has 1 aliphatic rings. The maximum atomic E-state index is 12.5. The molecular weight excluding hydrogens is 288 g/mol. The highest BCUT2D eigenvalue weighted by Gasteiger charge is 2.39. The molecule has 1 fully saturated rings. The highest BCUT2D eigenvalue weighted by Crippen LogP contribution is 2.29. The topological polar surface area (TPSA) is 49.4 Å². The standard InChI is InChI=1S/C16H13ClN2O2/c1-10-7-8-12(9-13(10)17)19-15(20)14(18-16(19)21)11-5-3-2-4-6-11/h2-9,14H,1H3,(H,18,21). The number of hydrogen-bond donors (Lipinski definition) is 1.